The smallest absolute Gasteiger partial charge is 0.229 e. The van der Waals surface area contributed by atoms with Gasteiger partial charge < -0.3 is 10.6 Å². The van der Waals surface area contributed by atoms with Crippen molar-refractivity contribution < 1.29 is 4.79 Å². The summed E-state index contributed by atoms with van der Waals surface area (Å²) in [5, 5.41) is 21.6. The second kappa shape index (κ2) is 7.63. The summed E-state index contributed by atoms with van der Waals surface area (Å²) in [6, 6.07) is 7.43. The van der Waals surface area contributed by atoms with E-state index in [1.165, 1.54) is 6.33 Å². The molecule has 2 atom stereocenters. The third-order valence-electron chi connectivity index (χ3n) is 4.43. The number of tetrazole rings is 1. The van der Waals surface area contributed by atoms with Crippen LogP contribution < -0.4 is 10.6 Å². The van der Waals surface area contributed by atoms with Crippen LogP contribution in [-0.4, -0.2) is 49.0 Å². The summed E-state index contributed by atoms with van der Waals surface area (Å²) in [6.07, 6.45) is 5.31. The zero-order valence-electron chi connectivity index (χ0n) is 14.1. The van der Waals surface area contributed by atoms with Crippen molar-refractivity contribution in [2.75, 3.05) is 18.4 Å². The molecule has 1 aliphatic rings. The summed E-state index contributed by atoms with van der Waals surface area (Å²) in [7, 11) is 1.88. The summed E-state index contributed by atoms with van der Waals surface area (Å²) in [5.74, 6) is -0.0231. The molecule has 0 radical (unpaired) electrons. The normalized spacial score (nSPS) is 19.1. The lowest BCUT2D eigenvalue weighted by Gasteiger charge is -2.17. The highest BCUT2D eigenvalue weighted by molar-refractivity contribution is 5.93. The third-order valence-corrected chi connectivity index (χ3v) is 4.43. The van der Waals surface area contributed by atoms with E-state index in [2.05, 4.69) is 31.3 Å². The van der Waals surface area contributed by atoms with E-state index in [-0.39, 0.29) is 30.2 Å². The highest BCUT2D eigenvalue weighted by atomic mass is 35.5. The standard InChI is InChI=1S/C16H18N8O.ClH/c1-23-9-11(6-19-23)14-7-17-8-15(14)16(25)20-12-3-2-4-13(5-12)24-10-18-21-22-24;/h2-6,9-10,14-15,17H,7-8H2,1H3,(H,20,25);1H/t14-,15+;/m1./s1. The van der Waals surface area contributed by atoms with Crippen LogP contribution in [0.5, 0.6) is 0 Å². The lowest BCUT2D eigenvalue weighted by atomic mass is 9.90. The molecule has 136 valence electrons. The average Bonchev–Trinajstić information content (AvgIpc) is 3.36. The average molecular weight is 375 g/mol. The molecule has 1 aliphatic heterocycles. The molecule has 0 unspecified atom stereocenters. The Bertz CT molecular complexity index is 878. The van der Waals surface area contributed by atoms with Crippen molar-refractivity contribution in [1.82, 2.24) is 35.3 Å². The molecule has 1 fully saturated rings. The first-order chi connectivity index (χ1) is 12.2. The Hall–Kier alpha value is -2.78. The molecular weight excluding hydrogens is 356 g/mol. The van der Waals surface area contributed by atoms with Gasteiger partial charge in [-0.15, -0.1) is 17.5 Å². The van der Waals surface area contributed by atoms with E-state index in [1.54, 1.807) is 9.36 Å². The number of anilines is 1. The SMILES string of the molecule is Cl.Cn1cc([C@H]2CNC[C@@H]2C(=O)Nc2cccc(-n3cnnn3)c2)cn1. The van der Waals surface area contributed by atoms with Crippen LogP contribution in [0.15, 0.2) is 43.0 Å². The summed E-state index contributed by atoms with van der Waals surface area (Å²) in [6.45, 7) is 1.42. The monoisotopic (exact) mass is 374 g/mol. The number of aromatic nitrogens is 6. The first-order valence-corrected chi connectivity index (χ1v) is 8.04. The van der Waals surface area contributed by atoms with Gasteiger partial charge in [-0.3, -0.25) is 9.48 Å². The highest BCUT2D eigenvalue weighted by Crippen LogP contribution is 2.29. The van der Waals surface area contributed by atoms with E-state index in [9.17, 15) is 4.79 Å². The molecule has 2 aromatic heterocycles. The maximum absolute atomic E-state index is 12.8. The van der Waals surface area contributed by atoms with Gasteiger partial charge in [-0.25, -0.2) is 4.68 Å². The molecule has 0 bridgehead atoms. The second-order valence-corrected chi connectivity index (χ2v) is 6.11. The van der Waals surface area contributed by atoms with Crippen LogP contribution in [0.1, 0.15) is 11.5 Å². The molecule has 0 aliphatic carbocycles. The minimum absolute atomic E-state index is 0. The number of rotatable bonds is 4. The van der Waals surface area contributed by atoms with E-state index in [4.69, 9.17) is 0 Å². The minimum Gasteiger partial charge on any atom is -0.326 e. The number of benzene rings is 1. The van der Waals surface area contributed by atoms with Crippen LogP contribution in [0, 0.1) is 5.92 Å². The molecule has 4 rings (SSSR count). The van der Waals surface area contributed by atoms with Crippen molar-refractivity contribution >= 4 is 24.0 Å². The van der Waals surface area contributed by atoms with Gasteiger partial charge in [0.15, 0.2) is 0 Å². The van der Waals surface area contributed by atoms with E-state index >= 15 is 0 Å². The number of hydrogen-bond donors (Lipinski definition) is 2. The zero-order chi connectivity index (χ0) is 17.2. The predicted octanol–water partition coefficient (Wildman–Crippen LogP) is 0.759. The fourth-order valence-corrected chi connectivity index (χ4v) is 3.18. The van der Waals surface area contributed by atoms with Crippen LogP contribution in [0.2, 0.25) is 0 Å². The Morgan fingerprint density at radius 1 is 1.35 bits per heavy atom. The van der Waals surface area contributed by atoms with Gasteiger partial charge in [0.2, 0.25) is 5.91 Å². The van der Waals surface area contributed by atoms with Crippen LogP contribution in [0.4, 0.5) is 5.69 Å². The maximum atomic E-state index is 12.8. The van der Waals surface area contributed by atoms with Gasteiger partial charge in [0.1, 0.15) is 6.33 Å². The highest BCUT2D eigenvalue weighted by Gasteiger charge is 2.34. The van der Waals surface area contributed by atoms with Gasteiger partial charge in [0, 0.05) is 37.9 Å². The molecule has 1 aromatic carbocycles. The first kappa shape index (κ1) is 18.0. The Morgan fingerprint density at radius 2 is 2.23 bits per heavy atom. The number of nitrogens with one attached hydrogen (secondary N) is 2. The lowest BCUT2D eigenvalue weighted by molar-refractivity contribution is -0.119. The van der Waals surface area contributed by atoms with Gasteiger partial charge in [0.05, 0.1) is 17.8 Å². The predicted molar refractivity (Wildman–Crippen MR) is 97.3 cm³/mol. The fraction of sp³-hybridized carbons (Fsp3) is 0.312. The molecule has 0 saturated carbocycles. The number of carbonyl (C=O) groups excluding carboxylic acids is 1. The van der Waals surface area contributed by atoms with Crippen molar-refractivity contribution in [1.29, 1.82) is 0 Å². The Labute approximate surface area is 156 Å². The molecule has 1 saturated heterocycles. The topological polar surface area (TPSA) is 103 Å². The lowest BCUT2D eigenvalue weighted by Crippen LogP contribution is -2.28. The molecular formula is C16H19ClN8O. The summed E-state index contributed by atoms with van der Waals surface area (Å²) >= 11 is 0. The Morgan fingerprint density at radius 3 is 2.96 bits per heavy atom. The molecule has 0 spiro atoms. The number of hydrogen-bond acceptors (Lipinski definition) is 6. The number of nitrogens with zero attached hydrogens (tertiary/aromatic N) is 6. The molecule has 9 nitrogen and oxygen atoms in total. The fourth-order valence-electron chi connectivity index (χ4n) is 3.18. The van der Waals surface area contributed by atoms with Gasteiger partial charge >= 0.3 is 0 Å². The second-order valence-electron chi connectivity index (χ2n) is 6.11. The molecule has 3 heterocycles. The van der Waals surface area contributed by atoms with E-state index in [0.717, 1.165) is 23.5 Å². The van der Waals surface area contributed by atoms with Crippen molar-refractivity contribution in [3.8, 4) is 5.69 Å². The summed E-state index contributed by atoms with van der Waals surface area (Å²) < 4.78 is 3.31. The minimum atomic E-state index is -0.138. The quantitative estimate of drug-likeness (QED) is 0.699. The third kappa shape index (κ3) is 3.58. The molecule has 2 N–H and O–H groups in total. The van der Waals surface area contributed by atoms with Crippen LogP contribution in [0.3, 0.4) is 0 Å². The van der Waals surface area contributed by atoms with Crippen molar-refractivity contribution in [3.05, 3.63) is 48.5 Å². The molecule has 3 aromatic rings. The van der Waals surface area contributed by atoms with E-state index in [0.29, 0.717) is 6.54 Å². The first-order valence-electron chi connectivity index (χ1n) is 8.04. The molecule has 10 heteroatoms. The van der Waals surface area contributed by atoms with Crippen LogP contribution in [0.25, 0.3) is 5.69 Å². The number of halogens is 1. The van der Waals surface area contributed by atoms with Gasteiger partial charge in [-0.05, 0) is 34.2 Å². The van der Waals surface area contributed by atoms with Crippen molar-refractivity contribution in [2.45, 2.75) is 5.92 Å². The van der Waals surface area contributed by atoms with Gasteiger partial charge in [-0.1, -0.05) is 6.07 Å². The van der Waals surface area contributed by atoms with Crippen LogP contribution in [-0.2, 0) is 11.8 Å². The summed E-state index contributed by atoms with van der Waals surface area (Å²) in [5.41, 5.74) is 2.58. The van der Waals surface area contributed by atoms with Crippen LogP contribution >= 0.6 is 12.4 Å². The Balaban J connectivity index is 0.00000196. The van der Waals surface area contributed by atoms with Gasteiger partial charge in [-0.2, -0.15) is 5.10 Å². The number of amides is 1. The maximum Gasteiger partial charge on any atom is 0.229 e. The van der Waals surface area contributed by atoms with Crippen molar-refractivity contribution in [2.24, 2.45) is 13.0 Å². The number of aryl methyl sites for hydroxylation is 1. The Kier molecular flexibility index (Phi) is 5.29. The van der Waals surface area contributed by atoms with Gasteiger partial charge in [0.25, 0.3) is 0 Å². The van der Waals surface area contributed by atoms with E-state index < -0.39 is 0 Å². The molecule has 1 amide bonds. The van der Waals surface area contributed by atoms with E-state index in [1.807, 2.05) is 43.7 Å². The molecule has 26 heavy (non-hydrogen) atoms. The largest absolute Gasteiger partial charge is 0.326 e. The number of carbonyl (C=O) groups is 1. The summed E-state index contributed by atoms with van der Waals surface area (Å²) in [4.78, 5) is 12.8. The van der Waals surface area contributed by atoms with Crippen molar-refractivity contribution in [3.63, 3.8) is 0 Å². The zero-order valence-corrected chi connectivity index (χ0v) is 14.9.